The van der Waals surface area contributed by atoms with Crippen molar-refractivity contribution in [3.8, 4) is 5.75 Å². The minimum Gasteiger partial charge on any atom is -0.497 e. The SMILES string of the molecule is COc1ccc(C(=O)Nc2ccc(N3CCN(c4ccncc4)CC3)cc2)cc1. The molecule has 0 saturated carbocycles. The van der Waals surface area contributed by atoms with E-state index in [9.17, 15) is 4.79 Å². The van der Waals surface area contributed by atoms with Gasteiger partial charge in [0, 0.05) is 61.2 Å². The van der Waals surface area contributed by atoms with Crippen LogP contribution in [0.25, 0.3) is 0 Å². The van der Waals surface area contributed by atoms with Gasteiger partial charge in [0.25, 0.3) is 5.91 Å². The molecule has 1 aliphatic rings. The summed E-state index contributed by atoms with van der Waals surface area (Å²) in [5.41, 5.74) is 3.77. The van der Waals surface area contributed by atoms with E-state index in [0.717, 1.165) is 37.6 Å². The number of ether oxygens (including phenoxy) is 1. The number of amides is 1. The molecule has 1 fully saturated rings. The molecule has 0 aliphatic carbocycles. The van der Waals surface area contributed by atoms with Crippen LogP contribution in [-0.2, 0) is 0 Å². The van der Waals surface area contributed by atoms with Crippen LogP contribution < -0.4 is 19.9 Å². The molecule has 4 rings (SSSR count). The van der Waals surface area contributed by atoms with Crippen LogP contribution in [0.2, 0.25) is 0 Å². The van der Waals surface area contributed by atoms with Crippen molar-refractivity contribution < 1.29 is 9.53 Å². The van der Waals surface area contributed by atoms with E-state index in [4.69, 9.17) is 4.74 Å². The summed E-state index contributed by atoms with van der Waals surface area (Å²) < 4.78 is 5.13. The summed E-state index contributed by atoms with van der Waals surface area (Å²) >= 11 is 0. The number of carbonyl (C=O) groups is 1. The molecule has 0 atom stereocenters. The molecule has 148 valence electrons. The molecule has 1 N–H and O–H groups in total. The first-order valence-corrected chi connectivity index (χ1v) is 9.68. The molecular formula is C23H24N4O2. The third kappa shape index (κ3) is 4.48. The lowest BCUT2D eigenvalue weighted by atomic mass is 10.2. The van der Waals surface area contributed by atoms with E-state index in [1.54, 1.807) is 31.4 Å². The average Bonchev–Trinajstić information content (AvgIpc) is 2.80. The standard InChI is InChI=1S/C23H24N4O2/c1-29-22-8-2-18(3-9-22)23(28)25-19-4-6-20(7-5-19)26-14-16-27(17-15-26)21-10-12-24-13-11-21/h2-13H,14-17H2,1H3,(H,25,28). The van der Waals surface area contributed by atoms with Crippen molar-refractivity contribution in [2.45, 2.75) is 0 Å². The molecule has 2 aromatic carbocycles. The number of piperazine rings is 1. The second kappa shape index (κ2) is 8.65. The molecule has 1 aromatic heterocycles. The lowest BCUT2D eigenvalue weighted by molar-refractivity contribution is 0.102. The van der Waals surface area contributed by atoms with Crippen molar-refractivity contribution in [2.24, 2.45) is 0 Å². The zero-order chi connectivity index (χ0) is 20.1. The minimum atomic E-state index is -0.133. The highest BCUT2D eigenvalue weighted by atomic mass is 16.5. The lowest BCUT2D eigenvalue weighted by Gasteiger charge is -2.37. The van der Waals surface area contributed by atoms with Crippen LogP contribution in [0.1, 0.15) is 10.4 Å². The Morgan fingerprint density at radius 3 is 1.93 bits per heavy atom. The summed E-state index contributed by atoms with van der Waals surface area (Å²) in [6.45, 7) is 3.86. The summed E-state index contributed by atoms with van der Waals surface area (Å²) in [6.07, 6.45) is 3.67. The molecule has 1 saturated heterocycles. The summed E-state index contributed by atoms with van der Waals surface area (Å²) in [5, 5.41) is 2.94. The Labute approximate surface area is 170 Å². The highest BCUT2D eigenvalue weighted by molar-refractivity contribution is 6.04. The Balaban J connectivity index is 1.34. The molecule has 29 heavy (non-hydrogen) atoms. The molecule has 0 bridgehead atoms. The van der Waals surface area contributed by atoms with Gasteiger partial charge in [-0.25, -0.2) is 0 Å². The highest BCUT2D eigenvalue weighted by Crippen LogP contribution is 2.22. The first-order valence-electron chi connectivity index (χ1n) is 9.68. The fourth-order valence-electron chi connectivity index (χ4n) is 3.48. The second-order valence-electron chi connectivity index (χ2n) is 6.91. The Morgan fingerprint density at radius 1 is 0.828 bits per heavy atom. The quantitative estimate of drug-likeness (QED) is 0.723. The molecular weight excluding hydrogens is 364 g/mol. The molecule has 3 aromatic rings. The van der Waals surface area contributed by atoms with Crippen LogP contribution in [0.15, 0.2) is 73.1 Å². The van der Waals surface area contributed by atoms with Gasteiger partial charge in [-0.2, -0.15) is 0 Å². The average molecular weight is 388 g/mol. The van der Waals surface area contributed by atoms with Gasteiger partial charge in [0.2, 0.25) is 0 Å². The Morgan fingerprint density at radius 2 is 1.38 bits per heavy atom. The van der Waals surface area contributed by atoms with Crippen molar-refractivity contribution in [1.29, 1.82) is 0 Å². The monoisotopic (exact) mass is 388 g/mol. The third-order valence-electron chi connectivity index (χ3n) is 5.15. The number of hydrogen-bond acceptors (Lipinski definition) is 5. The molecule has 0 radical (unpaired) electrons. The highest BCUT2D eigenvalue weighted by Gasteiger charge is 2.17. The maximum atomic E-state index is 12.4. The molecule has 6 heteroatoms. The van der Waals surface area contributed by atoms with Gasteiger partial charge in [-0.05, 0) is 60.7 Å². The van der Waals surface area contributed by atoms with E-state index in [0.29, 0.717) is 5.56 Å². The molecule has 2 heterocycles. The Hall–Kier alpha value is -3.54. The smallest absolute Gasteiger partial charge is 0.255 e. The molecule has 1 amide bonds. The zero-order valence-electron chi connectivity index (χ0n) is 16.4. The topological polar surface area (TPSA) is 57.7 Å². The fraction of sp³-hybridized carbons (Fsp3) is 0.217. The van der Waals surface area contributed by atoms with Gasteiger partial charge < -0.3 is 19.9 Å². The summed E-state index contributed by atoms with van der Waals surface area (Å²) in [5.74, 6) is 0.598. The Kier molecular flexibility index (Phi) is 5.61. The number of anilines is 3. The van der Waals surface area contributed by atoms with E-state index in [1.165, 1.54) is 11.4 Å². The van der Waals surface area contributed by atoms with E-state index < -0.39 is 0 Å². The first kappa shape index (κ1) is 18.8. The van der Waals surface area contributed by atoms with Crippen molar-refractivity contribution in [1.82, 2.24) is 4.98 Å². The largest absolute Gasteiger partial charge is 0.497 e. The fourth-order valence-corrected chi connectivity index (χ4v) is 3.48. The van der Waals surface area contributed by atoms with Gasteiger partial charge >= 0.3 is 0 Å². The van der Waals surface area contributed by atoms with Gasteiger partial charge in [0.05, 0.1) is 7.11 Å². The lowest BCUT2D eigenvalue weighted by Crippen LogP contribution is -2.46. The van der Waals surface area contributed by atoms with Gasteiger partial charge in [0.15, 0.2) is 0 Å². The second-order valence-corrected chi connectivity index (χ2v) is 6.91. The van der Waals surface area contributed by atoms with Gasteiger partial charge in [0.1, 0.15) is 5.75 Å². The van der Waals surface area contributed by atoms with Gasteiger partial charge in [-0.3, -0.25) is 9.78 Å². The van der Waals surface area contributed by atoms with Crippen LogP contribution >= 0.6 is 0 Å². The van der Waals surface area contributed by atoms with E-state index in [-0.39, 0.29) is 5.91 Å². The number of nitrogens with one attached hydrogen (secondary N) is 1. The van der Waals surface area contributed by atoms with Crippen LogP contribution in [0.5, 0.6) is 5.75 Å². The van der Waals surface area contributed by atoms with Crippen molar-refractivity contribution in [3.05, 3.63) is 78.6 Å². The molecule has 0 spiro atoms. The normalized spacial score (nSPS) is 13.8. The number of hydrogen-bond donors (Lipinski definition) is 1. The molecule has 1 aliphatic heterocycles. The Bertz CT molecular complexity index is 935. The predicted molar refractivity (Wildman–Crippen MR) is 116 cm³/mol. The summed E-state index contributed by atoms with van der Waals surface area (Å²) in [4.78, 5) is 21.2. The number of aromatic nitrogens is 1. The molecule has 0 unspecified atom stereocenters. The van der Waals surface area contributed by atoms with Crippen LogP contribution in [-0.4, -0.2) is 44.2 Å². The van der Waals surface area contributed by atoms with Crippen LogP contribution in [0, 0.1) is 0 Å². The predicted octanol–water partition coefficient (Wildman–Crippen LogP) is 3.67. The first-order chi connectivity index (χ1) is 14.2. The maximum Gasteiger partial charge on any atom is 0.255 e. The molecule has 6 nitrogen and oxygen atoms in total. The van der Waals surface area contributed by atoms with Crippen LogP contribution in [0.3, 0.4) is 0 Å². The number of benzene rings is 2. The zero-order valence-corrected chi connectivity index (χ0v) is 16.4. The summed E-state index contributed by atoms with van der Waals surface area (Å²) in [6, 6.07) is 19.2. The van der Waals surface area contributed by atoms with Gasteiger partial charge in [-0.1, -0.05) is 0 Å². The number of nitrogens with zero attached hydrogens (tertiary/aromatic N) is 3. The number of pyridine rings is 1. The van der Waals surface area contributed by atoms with E-state index in [1.807, 2.05) is 24.5 Å². The van der Waals surface area contributed by atoms with E-state index in [2.05, 4.69) is 44.4 Å². The van der Waals surface area contributed by atoms with E-state index >= 15 is 0 Å². The third-order valence-corrected chi connectivity index (χ3v) is 5.15. The van der Waals surface area contributed by atoms with Gasteiger partial charge in [-0.15, -0.1) is 0 Å². The number of methoxy groups -OCH3 is 1. The minimum absolute atomic E-state index is 0.133. The van der Waals surface area contributed by atoms with Crippen molar-refractivity contribution in [2.75, 3.05) is 48.4 Å². The maximum absolute atomic E-state index is 12.4. The number of carbonyl (C=O) groups excluding carboxylic acids is 1. The van der Waals surface area contributed by atoms with Crippen LogP contribution in [0.4, 0.5) is 17.1 Å². The number of rotatable bonds is 5. The van der Waals surface area contributed by atoms with Crippen molar-refractivity contribution in [3.63, 3.8) is 0 Å². The summed E-state index contributed by atoms with van der Waals surface area (Å²) in [7, 11) is 1.61. The van der Waals surface area contributed by atoms with Crippen molar-refractivity contribution >= 4 is 23.0 Å².